The number of rotatable bonds is 4. The third-order valence-electron chi connectivity index (χ3n) is 6.80. The van der Waals surface area contributed by atoms with E-state index in [1.165, 1.54) is 29.0 Å². The van der Waals surface area contributed by atoms with Gasteiger partial charge in [0.25, 0.3) is 5.56 Å². The van der Waals surface area contributed by atoms with Gasteiger partial charge < -0.3 is 9.84 Å². The molecule has 4 aromatic rings. The van der Waals surface area contributed by atoms with Crippen molar-refractivity contribution in [3.05, 3.63) is 124 Å². The van der Waals surface area contributed by atoms with Crippen molar-refractivity contribution in [2.75, 3.05) is 7.11 Å². The molecule has 184 valence electrons. The Kier molecular flexibility index (Phi) is 5.49. The van der Waals surface area contributed by atoms with E-state index < -0.39 is 22.4 Å². The van der Waals surface area contributed by atoms with Crippen molar-refractivity contribution >= 4 is 28.8 Å². The number of hydrogen-bond donors (Lipinski definition) is 1. The number of methoxy groups -OCH3 is 1. The number of aromatic hydroxyl groups is 1. The lowest BCUT2D eigenvalue weighted by Crippen LogP contribution is -2.39. The summed E-state index contributed by atoms with van der Waals surface area (Å²) in [6.07, 6.45) is 3.20. The fourth-order valence-electron chi connectivity index (χ4n) is 5.12. The lowest BCUT2D eigenvalue weighted by atomic mass is 9.83. The van der Waals surface area contributed by atoms with E-state index in [0.29, 0.717) is 20.6 Å². The first-order chi connectivity index (χ1) is 18.0. The van der Waals surface area contributed by atoms with E-state index in [1.807, 2.05) is 36.4 Å². The number of nitro groups is 1. The quantitative estimate of drug-likeness (QED) is 0.330. The molecule has 9 heteroatoms. The van der Waals surface area contributed by atoms with Crippen LogP contribution in [0.15, 0.2) is 82.1 Å². The van der Waals surface area contributed by atoms with E-state index in [4.69, 9.17) is 9.73 Å². The Hall–Kier alpha value is -4.50. The Morgan fingerprint density at radius 3 is 2.73 bits per heavy atom. The number of phenolic OH excluding ortho intramolecular Hbond substituents is 1. The number of phenols is 1. The predicted molar refractivity (Wildman–Crippen MR) is 141 cm³/mol. The zero-order valence-electron chi connectivity index (χ0n) is 19.7. The van der Waals surface area contributed by atoms with Crippen molar-refractivity contribution in [3.63, 3.8) is 0 Å². The van der Waals surface area contributed by atoms with Gasteiger partial charge in [0, 0.05) is 17.2 Å². The zero-order chi connectivity index (χ0) is 25.7. The van der Waals surface area contributed by atoms with Crippen molar-refractivity contribution in [3.8, 4) is 11.5 Å². The molecule has 0 saturated carbocycles. The summed E-state index contributed by atoms with van der Waals surface area (Å²) >= 11 is 1.24. The topological polar surface area (TPSA) is 107 Å². The molecule has 1 unspecified atom stereocenters. The first kappa shape index (κ1) is 22.9. The van der Waals surface area contributed by atoms with Gasteiger partial charge in [-0.3, -0.25) is 19.5 Å². The van der Waals surface area contributed by atoms with E-state index in [2.05, 4.69) is 12.1 Å². The van der Waals surface area contributed by atoms with Gasteiger partial charge in [0.2, 0.25) is 0 Å². The molecular formula is C28H21N3O5S. The van der Waals surface area contributed by atoms with Crippen LogP contribution in [0.1, 0.15) is 34.7 Å². The summed E-state index contributed by atoms with van der Waals surface area (Å²) in [4.78, 5) is 30.0. The second kappa shape index (κ2) is 8.86. The molecule has 8 nitrogen and oxygen atoms in total. The molecule has 37 heavy (non-hydrogen) atoms. The normalized spacial score (nSPS) is 16.5. The Morgan fingerprint density at radius 1 is 1.14 bits per heavy atom. The number of aromatic nitrogens is 1. The maximum Gasteiger partial charge on any atom is 0.311 e. The van der Waals surface area contributed by atoms with Crippen molar-refractivity contribution in [1.29, 1.82) is 0 Å². The highest BCUT2D eigenvalue weighted by atomic mass is 32.1. The van der Waals surface area contributed by atoms with Crippen LogP contribution in [-0.4, -0.2) is 21.7 Å². The van der Waals surface area contributed by atoms with Crippen LogP contribution in [0.25, 0.3) is 11.8 Å². The van der Waals surface area contributed by atoms with Crippen LogP contribution < -0.4 is 19.6 Å². The highest BCUT2D eigenvalue weighted by Gasteiger charge is 2.34. The molecule has 2 heterocycles. The number of nitro benzene ring substituents is 1. The summed E-state index contributed by atoms with van der Waals surface area (Å²) in [5, 5.41) is 21.1. The molecule has 0 fully saturated rings. The molecule has 1 aliphatic heterocycles. The van der Waals surface area contributed by atoms with E-state index in [-0.39, 0.29) is 5.56 Å². The summed E-state index contributed by atoms with van der Waals surface area (Å²) in [6.45, 7) is 0. The molecule has 0 radical (unpaired) electrons. The maximum atomic E-state index is 13.8. The van der Waals surface area contributed by atoms with Gasteiger partial charge in [0.15, 0.2) is 10.6 Å². The Bertz CT molecular complexity index is 1800. The molecule has 0 bridgehead atoms. The largest absolute Gasteiger partial charge is 0.502 e. The third-order valence-corrected chi connectivity index (χ3v) is 7.78. The van der Waals surface area contributed by atoms with Crippen LogP contribution in [0.3, 0.4) is 0 Å². The minimum atomic E-state index is -0.651. The number of allylic oxidation sites excluding steroid dienone is 1. The minimum Gasteiger partial charge on any atom is -0.502 e. The number of fused-ring (bicyclic) bond motifs is 3. The molecule has 3 aromatic carbocycles. The van der Waals surface area contributed by atoms with Gasteiger partial charge in [-0.25, -0.2) is 4.99 Å². The molecule has 0 amide bonds. The fourth-order valence-corrected chi connectivity index (χ4v) is 6.12. The molecule has 2 aliphatic rings. The van der Waals surface area contributed by atoms with Gasteiger partial charge in [-0.05, 0) is 47.8 Å². The summed E-state index contributed by atoms with van der Waals surface area (Å²) < 4.78 is 7.79. The number of hydrogen-bond acceptors (Lipinski definition) is 7. The SMILES string of the molecule is COc1ccccc1C1C2=C(N=c3sc(=Cc4ccc(O)c([N+](=O)[O-])c4)c(=O)n31)c1ccccc1CC2. The van der Waals surface area contributed by atoms with Crippen molar-refractivity contribution in [2.45, 2.75) is 18.9 Å². The highest BCUT2D eigenvalue weighted by molar-refractivity contribution is 7.07. The number of ether oxygens (including phenoxy) is 1. The molecule has 1 aromatic heterocycles. The van der Waals surface area contributed by atoms with Crippen molar-refractivity contribution in [1.82, 2.24) is 4.57 Å². The second-order valence-electron chi connectivity index (χ2n) is 8.86. The zero-order valence-corrected chi connectivity index (χ0v) is 20.6. The first-order valence-corrected chi connectivity index (χ1v) is 12.5. The summed E-state index contributed by atoms with van der Waals surface area (Å²) in [5.74, 6) is 0.259. The molecule has 0 saturated heterocycles. The van der Waals surface area contributed by atoms with E-state index in [9.17, 15) is 20.0 Å². The molecule has 1 atom stereocenters. The summed E-state index contributed by atoms with van der Waals surface area (Å²) in [7, 11) is 1.62. The fraction of sp³-hybridized carbons (Fsp3) is 0.143. The predicted octanol–water partition coefficient (Wildman–Crippen LogP) is 3.94. The summed E-state index contributed by atoms with van der Waals surface area (Å²) in [5.41, 5.74) is 4.89. The Morgan fingerprint density at radius 2 is 1.92 bits per heavy atom. The maximum absolute atomic E-state index is 13.8. The van der Waals surface area contributed by atoms with E-state index >= 15 is 0 Å². The van der Waals surface area contributed by atoms with Gasteiger partial charge in [-0.15, -0.1) is 0 Å². The average Bonchev–Trinajstić information content (AvgIpc) is 3.22. The van der Waals surface area contributed by atoms with Gasteiger partial charge >= 0.3 is 5.69 Å². The van der Waals surface area contributed by atoms with Crippen LogP contribution in [-0.2, 0) is 6.42 Å². The van der Waals surface area contributed by atoms with Crippen LogP contribution >= 0.6 is 11.3 Å². The molecule has 0 spiro atoms. The van der Waals surface area contributed by atoms with E-state index in [1.54, 1.807) is 23.8 Å². The first-order valence-electron chi connectivity index (χ1n) is 11.7. The van der Waals surface area contributed by atoms with Crippen LogP contribution in [0, 0.1) is 10.1 Å². The van der Waals surface area contributed by atoms with Gasteiger partial charge in [-0.2, -0.15) is 0 Å². The Labute approximate surface area is 214 Å². The van der Waals surface area contributed by atoms with Gasteiger partial charge in [-0.1, -0.05) is 59.9 Å². The smallest absolute Gasteiger partial charge is 0.311 e. The lowest BCUT2D eigenvalue weighted by Gasteiger charge is -2.31. The monoisotopic (exact) mass is 511 g/mol. The Balaban J connectivity index is 1.62. The molecule has 6 rings (SSSR count). The van der Waals surface area contributed by atoms with Crippen molar-refractivity contribution in [2.24, 2.45) is 4.99 Å². The molecular weight excluding hydrogens is 490 g/mol. The number of nitrogens with zero attached hydrogens (tertiary/aromatic N) is 3. The molecule has 1 aliphatic carbocycles. The average molecular weight is 512 g/mol. The number of thiazole rings is 1. The van der Waals surface area contributed by atoms with E-state index in [0.717, 1.165) is 35.2 Å². The standard InChI is InChI=1S/C28H21N3O5S/c1-36-23-9-5-4-8-19(23)26-20-12-11-17-6-2-3-7-18(17)25(20)29-28-30(26)27(33)24(37-28)15-16-10-13-22(32)21(14-16)31(34)35/h2-10,13-15,26,32H,11-12H2,1H3. The molecule has 1 N–H and O–H groups in total. The second-order valence-corrected chi connectivity index (χ2v) is 9.87. The van der Waals surface area contributed by atoms with Crippen LogP contribution in [0.5, 0.6) is 11.5 Å². The van der Waals surface area contributed by atoms with Gasteiger partial charge in [0.1, 0.15) is 5.75 Å². The van der Waals surface area contributed by atoms with Crippen LogP contribution in [0.4, 0.5) is 5.69 Å². The van der Waals surface area contributed by atoms with Gasteiger partial charge in [0.05, 0.1) is 28.3 Å². The van der Waals surface area contributed by atoms with Crippen LogP contribution in [0.2, 0.25) is 0 Å². The minimum absolute atomic E-state index is 0.235. The lowest BCUT2D eigenvalue weighted by molar-refractivity contribution is -0.385. The highest BCUT2D eigenvalue weighted by Crippen LogP contribution is 2.43. The summed E-state index contributed by atoms with van der Waals surface area (Å²) in [6, 6.07) is 19.5. The number of para-hydroxylation sites is 1. The number of benzene rings is 3. The third kappa shape index (κ3) is 3.75. The van der Waals surface area contributed by atoms with Crippen molar-refractivity contribution < 1.29 is 14.8 Å². The number of aryl methyl sites for hydroxylation is 1.